The van der Waals surface area contributed by atoms with Crippen molar-refractivity contribution in [2.75, 3.05) is 19.7 Å². The Balaban J connectivity index is 1.73. The first-order valence-electron chi connectivity index (χ1n) is 7.49. The summed E-state index contributed by atoms with van der Waals surface area (Å²) in [5.41, 5.74) is 0.660. The number of hydrogen-bond acceptors (Lipinski definition) is 4. The molecule has 0 radical (unpaired) electrons. The van der Waals surface area contributed by atoms with Crippen molar-refractivity contribution in [3.8, 4) is 0 Å². The first-order valence-corrected chi connectivity index (χ1v) is 9.35. The molecule has 5 nitrogen and oxygen atoms in total. The zero-order valence-corrected chi connectivity index (χ0v) is 14.3. The third-order valence-electron chi connectivity index (χ3n) is 4.34. The summed E-state index contributed by atoms with van der Waals surface area (Å²) in [6.07, 6.45) is 1.00. The molecule has 1 aromatic rings. The van der Waals surface area contributed by atoms with E-state index in [0.717, 1.165) is 19.5 Å². The fourth-order valence-electron chi connectivity index (χ4n) is 3.32. The molecule has 1 aromatic carbocycles. The molecule has 2 fully saturated rings. The maximum Gasteiger partial charge on any atom is 0.241 e. The van der Waals surface area contributed by atoms with Crippen molar-refractivity contribution in [2.45, 2.75) is 43.4 Å². The van der Waals surface area contributed by atoms with E-state index in [1.165, 1.54) is 0 Å². The van der Waals surface area contributed by atoms with E-state index in [2.05, 4.69) is 9.62 Å². The standard InChI is InChI=1S/C15H21ClN2O3S/c1-10-5-12(16)3-4-15(10)22(19,20)17-13-6-14-9-21-11(2)7-18(14)8-13/h3-5,11,13-14,17H,6-9H2,1-2H3/t11-,13-,14+/m1/s1. The summed E-state index contributed by atoms with van der Waals surface area (Å²) in [5, 5.41) is 0.542. The van der Waals surface area contributed by atoms with Crippen molar-refractivity contribution in [1.29, 1.82) is 0 Å². The highest BCUT2D eigenvalue weighted by Gasteiger charge is 2.38. The molecule has 0 bridgehead atoms. The SMILES string of the molecule is Cc1cc(Cl)ccc1S(=O)(=O)N[C@@H]1C[C@H]2CO[C@H](C)CN2C1. The van der Waals surface area contributed by atoms with Crippen LogP contribution in [0, 0.1) is 6.92 Å². The molecule has 2 heterocycles. The van der Waals surface area contributed by atoms with Crippen LogP contribution in [0.4, 0.5) is 0 Å². The Morgan fingerprint density at radius 3 is 2.86 bits per heavy atom. The number of benzene rings is 1. The van der Waals surface area contributed by atoms with Gasteiger partial charge in [-0.1, -0.05) is 11.6 Å². The Labute approximate surface area is 136 Å². The molecule has 2 aliphatic rings. The van der Waals surface area contributed by atoms with E-state index in [9.17, 15) is 8.42 Å². The van der Waals surface area contributed by atoms with Crippen LogP contribution >= 0.6 is 11.6 Å². The Hall–Kier alpha value is -0.660. The number of nitrogens with one attached hydrogen (secondary N) is 1. The number of rotatable bonds is 3. The summed E-state index contributed by atoms with van der Waals surface area (Å²) in [4.78, 5) is 2.61. The summed E-state index contributed by atoms with van der Waals surface area (Å²) in [6.45, 7) is 6.09. The lowest BCUT2D eigenvalue weighted by atomic mass is 10.2. The van der Waals surface area contributed by atoms with Crippen LogP contribution in [-0.2, 0) is 14.8 Å². The highest BCUT2D eigenvalue weighted by Crippen LogP contribution is 2.25. The normalized spacial score (nSPS) is 29.5. The van der Waals surface area contributed by atoms with Crippen LogP contribution in [0.25, 0.3) is 0 Å². The van der Waals surface area contributed by atoms with Gasteiger partial charge in [0.1, 0.15) is 0 Å². The van der Waals surface area contributed by atoms with Crippen LogP contribution in [0.3, 0.4) is 0 Å². The minimum absolute atomic E-state index is 0.0704. The largest absolute Gasteiger partial charge is 0.376 e. The van der Waals surface area contributed by atoms with Gasteiger partial charge in [-0.25, -0.2) is 13.1 Å². The lowest BCUT2D eigenvalue weighted by Gasteiger charge is -2.33. The second-order valence-electron chi connectivity index (χ2n) is 6.22. The van der Waals surface area contributed by atoms with Crippen LogP contribution in [0.15, 0.2) is 23.1 Å². The fraction of sp³-hybridized carbons (Fsp3) is 0.600. The van der Waals surface area contributed by atoms with Crippen molar-refractivity contribution in [3.05, 3.63) is 28.8 Å². The van der Waals surface area contributed by atoms with E-state index in [1.54, 1.807) is 25.1 Å². The van der Waals surface area contributed by atoms with Gasteiger partial charge in [-0.15, -0.1) is 0 Å². The van der Waals surface area contributed by atoms with Gasteiger partial charge in [0, 0.05) is 30.2 Å². The molecule has 0 saturated carbocycles. The van der Waals surface area contributed by atoms with E-state index in [0.29, 0.717) is 28.1 Å². The zero-order valence-electron chi connectivity index (χ0n) is 12.8. The van der Waals surface area contributed by atoms with E-state index in [-0.39, 0.29) is 12.1 Å². The molecule has 3 atom stereocenters. The van der Waals surface area contributed by atoms with Crippen molar-refractivity contribution in [2.24, 2.45) is 0 Å². The third kappa shape index (κ3) is 3.31. The quantitative estimate of drug-likeness (QED) is 0.908. The van der Waals surface area contributed by atoms with Crippen LogP contribution in [-0.4, -0.2) is 51.2 Å². The molecule has 3 rings (SSSR count). The van der Waals surface area contributed by atoms with Crippen LogP contribution < -0.4 is 4.72 Å². The van der Waals surface area contributed by atoms with Crippen molar-refractivity contribution < 1.29 is 13.2 Å². The highest BCUT2D eigenvalue weighted by atomic mass is 35.5. The Kier molecular flexibility index (Phi) is 4.49. The molecule has 0 aliphatic carbocycles. The van der Waals surface area contributed by atoms with Crippen molar-refractivity contribution in [1.82, 2.24) is 9.62 Å². The number of morpholine rings is 1. The van der Waals surface area contributed by atoms with Gasteiger partial charge in [-0.05, 0) is 44.0 Å². The van der Waals surface area contributed by atoms with Gasteiger partial charge in [0.05, 0.1) is 17.6 Å². The lowest BCUT2D eigenvalue weighted by Crippen LogP contribution is -2.45. The Morgan fingerprint density at radius 2 is 2.14 bits per heavy atom. The van der Waals surface area contributed by atoms with Gasteiger partial charge in [0.2, 0.25) is 10.0 Å². The number of ether oxygens (including phenoxy) is 1. The summed E-state index contributed by atoms with van der Waals surface area (Å²) >= 11 is 5.90. The van der Waals surface area contributed by atoms with Crippen LogP contribution in [0.5, 0.6) is 0 Å². The van der Waals surface area contributed by atoms with Crippen LogP contribution in [0.1, 0.15) is 18.9 Å². The minimum atomic E-state index is -3.52. The number of halogens is 1. The number of fused-ring (bicyclic) bond motifs is 1. The second-order valence-corrected chi connectivity index (χ2v) is 8.33. The summed E-state index contributed by atoms with van der Waals surface area (Å²) in [5.74, 6) is 0. The molecule has 122 valence electrons. The Bertz CT molecular complexity index is 665. The van der Waals surface area contributed by atoms with E-state index >= 15 is 0 Å². The first-order chi connectivity index (χ1) is 10.3. The highest BCUT2D eigenvalue weighted by molar-refractivity contribution is 7.89. The van der Waals surface area contributed by atoms with Gasteiger partial charge in [-0.3, -0.25) is 4.90 Å². The smallest absolute Gasteiger partial charge is 0.241 e. The molecule has 0 aromatic heterocycles. The topological polar surface area (TPSA) is 58.6 Å². The van der Waals surface area contributed by atoms with E-state index in [1.807, 2.05) is 6.92 Å². The maximum atomic E-state index is 12.6. The lowest BCUT2D eigenvalue weighted by molar-refractivity contribution is -0.0390. The molecule has 0 amide bonds. The average molecular weight is 345 g/mol. The number of nitrogens with zero attached hydrogens (tertiary/aromatic N) is 1. The molecule has 2 saturated heterocycles. The van der Waals surface area contributed by atoms with Crippen molar-refractivity contribution >= 4 is 21.6 Å². The molecule has 1 N–H and O–H groups in total. The molecule has 0 unspecified atom stereocenters. The van der Waals surface area contributed by atoms with Gasteiger partial charge in [0.25, 0.3) is 0 Å². The third-order valence-corrected chi connectivity index (χ3v) is 6.26. The minimum Gasteiger partial charge on any atom is -0.376 e. The molecular formula is C15H21ClN2O3S. The first kappa shape index (κ1) is 16.2. The summed E-state index contributed by atoms with van der Waals surface area (Å²) in [6, 6.07) is 5.09. The molecule has 2 aliphatic heterocycles. The van der Waals surface area contributed by atoms with Crippen LogP contribution in [0.2, 0.25) is 5.02 Å². The molecule has 7 heteroatoms. The average Bonchev–Trinajstić information content (AvgIpc) is 2.78. The van der Waals surface area contributed by atoms with Gasteiger partial charge in [-0.2, -0.15) is 0 Å². The number of hydrogen-bond donors (Lipinski definition) is 1. The predicted octanol–water partition coefficient (Wildman–Crippen LogP) is 1.79. The van der Waals surface area contributed by atoms with E-state index in [4.69, 9.17) is 16.3 Å². The monoisotopic (exact) mass is 344 g/mol. The predicted molar refractivity (Wildman–Crippen MR) is 85.7 cm³/mol. The van der Waals surface area contributed by atoms with E-state index < -0.39 is 10.0 Å². The Morgan fingerprint density at radius 1 is 1.36 bits per heavy atom. The number of sulfonamides is 1. The van der Waals surface area contributed by atoms with Gasteiger partial charge in [0.15, 0.2) is 0 Å². The second kappa shape index (κ2) is 6.09. The van der Waals surface area contributed by atoms with Gasteiger partial charge >= 0.3 is 0 Å². The van der Waals surface area contributed by atoms with Crippen molar-refractivity contribution in [3.63, 3.8) is 0 Å². The molecular weight excluding hydrogens is 324 g/mol. The van der Waals surface area contributed by atoms with Gasteiger partial charge < -0.3 is 4.74 Å². The summed E-state index contributed by atoms with van der Waals surface area (Å²) in [7, 11) is -3.52. The zero-order chi connectivity index (χ0) is 15.9. The number of aryl methyl sites for hydroxylation is 1. The maximum absolute atomic E-state index is 12.6. The fourth-order valence-corrected chi connectivity index (χ4v) is 5.02. The molecule has 22 heavy (non-hydrogen) atoms. The summed E-state index contributed by atoms with van der Waals surface area (Å²) < 4.78 is 33.7. The molecule has 0 spiro atoms.